The van der Waals surface area contributed by atoms with Gasteiger partial charge in [-0.25, -0.2) is 4.98 Å². The minimum Gasteiger partial charge on any atom is -0.481 e. The van der Waals surface area contributed by atoms with Crippen LogP contribution in [0.1, 0.15) is 30.5 Å². The molecule has 2 heterocycles. The highest BCUT2D eigenvalue weighted by Gasteiger charge is 2.28. The predicted octanol–water partition coefficient (Wildman–Crippen LogP) is 0.685. The van der Waals surface area contributed by atoms with Crippen molar-refractivity contribution in [1.82, 2.24) is 9.97 Å². The van der Waals surface area contributed by atoms with Crippen LogP contribution in [0.25, 0.3) is 0 Å². The number of anilines is 2. The number of rotatable bonds is 5. The molecule has 0 bridgehead atoms. The van der Waals surface area contributed by atoms with Gasteiger partial charge in [-0.05, 0) is 26.2 Å². The minimum absolute atomic E-state index is 0.0304. The highest BCUT2D eigenvalue weighted by atomic mass is 16.4. The van der Waals surface area contributed by atoms with E-state index in [1.54, 1.807) is 6.92 Å². The SMILES string of the molecule is Cc1nc(N)nc(N2CCCC(C(=O)O)C2)c1CCC(=O)O. The molecule has 1 aromatic rings. The number of nitrogens with two attached hydrogens (primary N) is 1. The molecule has 1 fully saturated rings. The van der Waals surface area contributed by atoms with Crippen molar-refractivity contribution in [2.45, 2.75) is 32.6 Å². The second-order valence-electron chi connectivity index (χ2n) is 5.49. The summed E-state index contributed by atoms with van der Waals surface area (Å²) in [6.07, 6.45) is 1.65. The lowest BCUT2D eigenvalue weighted by Crippen LogP contribution is -2.40. The van der Waals surface area contributed by atoms with Gasteiger partial charge in [-0.2, -0.15) is 4.98 Å². The summed E-state index contributed by atoms with van der Waals surface area (Å²) in [5, 5.41) is 18.1. The largest absolute Gasteiger partial charge is 0.481 e. The second-order valence-corrected chi connectivity index (χ2v) is 5.49. The van der Waals surface area contributed by atoms with Crippen LogP contribution in [-0.2, 0) is 16.0 Å². The summed E-state index contributed by atoms with van der Waals surface area (Å²) >= 11 is 0. The van der Waals surface area contributed by atoms with Crippen LogP contribution in [0.5, 0.6) is 0 Å². The van der Waals surface area contributed by atoms with E-state index in [1.807, 2.05) is 4.90 Å². The first-order valence-corrected chi connectivity index (χ1v) is 7.21. The Balaban J connectivity index is 2.31. The molecule has 120 valence electrons. The van der Waals surface area contributed by atoms with Crippen LogP contribution in [0.15, 0.2) is 0 Å². The molecule has 1 unspecified atom stereocenters. The molecule has 0 aliphatic carbocycles. The summed E-state index contributed by atoms with van der Waals surface area (Å²) in [7, 11) is 0. The third-order valence-corrected chi connectivity index (χ3v) is 3.87. The number of carboxylic acid groups (broad SMARTS) is 2. The molecule has 1 aromatic heterocycles. The smallest absolute Gasteiger partial charge is 0.308 e. The average molecular weight is 308 g/mol. The number of piperidine rings is 1. The molecule has 4 N–H and O–H groups in total. The predicted molar refractivity (Wildman–Crippen MR) is 79.7 cm³/mol. The van der Waals surface area contributed by atoms with Crippen molar-refractivity contribution in [3.05, 3.63) is 11.3 Å². The monoisotopic (exact) mass is 308 g/mol. The highest BCUT2D eigenvalue weighted by molar-refractivity contribution is 5.71. The first-order valence-electron chi connectivity index (χ1n) is 7.21. The third-order valence-electron chi connectivity index (χ3n) is 3.87. The maximum Gasteiger partial charge on any atom is 0.308 e. The lowest BCUT2D eigenvalue weighted by Gasteiger charge is -2.33. The second kappa shape index (κ2) is 6.59. The number of aliphatic carboxylic acids is 2. The molecule has 0 spiro atoms. The first-order chi connectivity index (χ1) is 10.4. The molecule has 8 heteroatoms. The maximum absolute atomic E-state index is 11.2. The molecule has 1 aliphatic rings. The van der Waals surface area contributed by atoms with E-state index in [0.717, 1.165) is 12.0 Å². The standard InChI is InChI=1S/C14H20N4O4/c1-8-10(4-5-11(19)20)12(17-14(15)16-8)18-6-2-3-9(7-18)13(21)22/h9H,2-7H2,1H3,(H,19,20)(H,21,22)(H2,15,16,17). The van der Waals surface area contributed by atoms with Crippen LogP contribution >= 0.6 is 0 Å². The number of hydrogen-bond donors (Lipinski definition) is 3. The molecular weight excluding hydrogens is 288 g/mol. The number of carboxylic acids is 2. The normalized spacial score (nSPS) is 18.2. The van der Waals surface area contributed by atoms with E-state index < -0.39 is 17.9 Å². The van der Waals surface area contributed by atoms with E-state index in [4.69, 9.17) is 10.8 Å². The van der Waals surface area contributed by atoms with Crippen LogP contribution < -0.4 is 10.6 Å². The Kier molecular flexibility index (Phi) is 4.79. The number of nitrogens with zero attached hydrogens (tertiary/aromatic N) is 3. The van der Waals surface area contributed by atoms with Crippen molar-refractivity contribution >= 4 is 23.7 Å². The van der Waals surface area contributed by atoms with Crippen LogP contribution in [-0.4, -0.2) is 45.2 Å². The lowest BCUT2D eigenvalue weighted by molar-refractivity contribution is -0.142. The van der Waals surface area contributed by atoms with Gasteiger partial charge in [0.15, 0.2) is 0 Å². The molecule has 0 amide bonds. The Bertz CT molecular complexity index is 590. The number of hydrogen-bond acceptors (Lipinski definition) is 6. The number of aryl methyl sites for hydroxylation is 1. The molecule has 0 saturated carbocycles. The summed E-state index contributed by atoms with van der Waals surface area (Å²) in [4.78, 5) is 32.2. The van der Waals surface area contributed by atoms with E-state index in [0.29, 0.717) is 37.4 Å². The Labute approximate surface area is 128 Å². The van der Waals surface area contributed by atoms with Crippen LogP contribution in [0, 0.1) is 12.8 Å². The average Bonchev–Trinajstić information content (AvgIpc) is 2.45. The van der Waals surface area contributed by atoms with Crippen molar-refractivity contribution in [3.8, 4) is 0 Å². The fourth-order valence-corrected chi connectivity index (χ4v) is 2.76. The topological polar surface area (TPSA) is 130 Å². The van der Waals surface area contributed by atoms with Gasteiger partial charge >= 0.3 is 11.9 Å². The van der Waals surface area contributed by atoms with Gasteiger partial charge in [-0.3, -0.25) is 9.59 Å². The number of aromatic nitrogens is 2. The van der Waals surface area contributed by atoms with Crippen molar-refractivity contribution in [2.75, 3.05) is 23.7 Å². The zero-order valence-corrected chi connectivity index (χ0v) is 12.4. The third kappa shape index (κ3) is 3.63. The van der Waals surface area contributed by atoms with Gasteiger partial charge in [-0.1, -0.05) is 0 Å². The molecule has 0 aromatic carbocycles. The van der Waals surface area contributed by atoms with E-state index in [2.05, 4.69) is 9.97 Å². The number of carbonyl (C=O) groups is 2. The van der Waals surface area contributed by atoms with E-state index in [-0.39, 0.29) is 12.4 Å². The van der Waals surface area contributed by atoms with Crippen LogP contribution in [0.4, 0.5) is 11.8 Å². The van der Waals surface area contributed by atoms with Crippen LogP contribution in [0.3, 0.4) is 0 Å². The van der Waals surface area contributed by atoms with Crippen molar-refractivity contribution in [1.29, 1.82) is 0 Å². The zero-order valence-electron chi connectivity index (χ0n) is 12.4. The summed E-state index contributed by atoms with van der Waals surface area (Å²) in [6.45, 7) is 2.79. The van der Waals surface area contributed by atoms with Gasteiger partial charge in [0.1, 0.15) is 5.82 Å². The first kappa shape index (κ1) is 16.0. The fraction of sp³-hybridized carbons (Fsp3) is 0.571. The van der Waals surface area contributed by atoms with Crippen molar-refractivity contribution < 1.29 is 19.8 Å². The van der Waals surface area contributed by atoms with E-state index in [9.17, 15) is 14.7 Å². The van der Waals surface area contributed by atoms with Crippen LogP contribution in [0.2, 0.25) is 0 Å². The fourth-order valence-electron chi connectivity index (χ4n) is 2.76. The molecule has 1 atom stereocenters. The van der Waals surface area contributed by atoms with Crippen molar-refractivity contribution in [3.63, 3.8) is 0 Å². The molecule has 2 rings (SSSR count). The highest BCUT2D eigenvalue weighted by Crippen LogP contribution is 2.28. The lowest BCUT2D eigenvalue weighted by atomic mass is 9.97. The number of nitrogen functional groups attached to an aromatic ring is 1. The van der Waals surface area contributed by atoms with E-state index >= 15 is 0 Å². The van der Waals surface area contributed by atoms with E-state index in [1.165, 1.54) is 0 Å². The Morgan fingerprint density at radius 3 is 2.73 bits per heavy atom. The Hall–Kier alpha value is -2.38. The summed E-state index contributed by atoms with van der Waals surface area (Å²) in [6, 6.07) is 0. The molecule has 1 aliphatic heterocycles. The Morgan fingerprint density at radius 1 is 1.36 bits per heavy atom. The summed E-state index contributed by atoms with van der Waals surface area (Å²) < 4.78 is 0. The van der Waals surface area contributed by atoms with Crippen molar-refractivity contribution in [2.24, 2.45) is 5.92 Å². The van der Waals surface area contributed by atoms with Gasteiger partial charge in [-0.15, -0.1) is 0 Å². The minimum atomic E-state index is -0.899. The summed E-state index contributed by atoms with van der Waals surface area (Å²) in [5.74, 6) is -1.49. The van der Waals surface area contributed by atoms with Gasteiger partial charge in [0.25, 0.3) is 0 Å². The molecule has 1 saturated heterocycles. The van der Waals surface area contributed by atoms with Gasteiger partial charge in [0.05, 0.1) is 5.92 Å². The molecule has 8 nitrogen and oxygen atoms in total. The maximum atomic E-state index is 11.2. The molecule has 22 heavy (non-hydrogen) atoms. The molecule has 0 radical (unpaired) electrons. The van der Waals surface area contributed by atoms with Gasteiger partial charge in [0, 0.05) is 30.8 Å². The zero-order chi connectivity index (χ0) is 16.3. The Morgan fingerprint density at radius 2 is 2.09 bits per heavy atom. The van der Waals surface area contributed by atoms with Gasteiger partial charge in [0.2, 0.25) is 5.95 Å². The quantitative estimate of drug-likeness (QED) is 0.724. The molecular formula is C14H20N4O4. The summed E-state index contributed by atoms with van der Waals surface area (Å²) in [5.41, 5.74) is 7.07. The van der Waals surface area contributed by atoms with Gasteiger partial charge < -0.3 is 20.8 Å².